The summed E-state index contributed by atoms with van der Waals surface area (Å²) in [7, 11) is 0. The Morgan fingerprint density at radius 1 is 1.20 bits per heavy atom. The number of pyridine rings is 1. The van der Waals surface area contributed by atoms with Gasteiger partial charge in [-0.15, -0.1) is 0 Å². The molecule has 15 heavy (non-hydrogen) atoms. The Balaban J connectivity index is 2.56. The van der Waals surface area contributed by atoms with Crippen molar-refractivity contribution >= 4 is 0 Å². The summed E-state index contributed by atoms with van der Waals surface area (Å²) in [6.45, 7) is -0.190. The number of rotatable bonds is 2. The van der Waals surface area contributed by atoms with Gasteiger partial charge < -0.3 is 5.11 Å². The second-order valence-electron chi connectivity index (χ2n) is 3.17. The van der Waals surface area contributed by atoms with Crippen LogP contribution in [0.5, 0.6) is 0 Å². The van der Waals surface area contributed by atoms with Crippen LogP contribution in [0, 0.1) is 5.82 Å². The van der Waals surface area contributed by atoms with Crippen molar-refractivity contribution in [3.63, 3.8) is 0 Å². The average molecular weight is 203 g/mol. The number of benzene rings is 1. The van der Waals surface area contributed by atoms with E-state index in [1.807, 2.05) is 30.3 Å². The van der Waals surface area contributed by atoms with E-state index in [9.17, 15) is 4.39 Å². The molecule has 0 saturated carbocycles. The standard InChI is InChI=1S/C12H10FNO/c13-10-6-11(12(8-15)14-7-10)9-4-2-1-3-5-9/h1-7,15H,8H2. The lowest BCUT2D eigenvalue weighted by atomic mass is 10.0. The lowest BCUT2D eigenvalue weighted by Crippen LogP contribution is -1.94. The van der Waals surface area contributed by atoms with Gasteiger partial charge in [-0.3, -0.25) is 4.98 Å². The Kier molecular flexibility index (Phi) is 2.74. The van der Waals surface area contributed by atoms with Gasteiger partial charge in [-0.05, 0) is 11.6 Å². The van der Waals surface area contributed by atoms with Crippen molar-refractivity contribution in [3.8, 4) is 11.1 Å². The van der Waals surface area contributed by atoms with Crippen LogP contribution in [0.1, 0.15) is 5.69 Å². The Morgan fingerprint density at radius 3 is 2.60 bits per heavy atom. The number of aromatic nitrogens is 1. The van der Waals surface area contributed by atoms with E-state index in [0.29, 0.717) is 11.3 Å². The van der Waals surface area contributed by atoms with Gasteiger partial charge in [0, 0.05) is 5.56 Å². The average Bonchev–Trinajstić information content (AvgIpc) is 2.30. The third-order valence-corrected chi connectivity index (χ3v) is 2.17. The van der Waals surface area contributed by atoms with Gasteiger partial charge in [0.15, 0.2) is 0 Å². The van der Waals surface area contributed by atoms with Crippen molar-refractivity contribution < 1.29 is 9.50 Å². The zero-order valence-electron chi connectivity index (χ0n) is 8.02. The topological polar surface area (TPSA) is 33.1 Å². The molecule has 0 aliphatic carbocycles. The molecule has 0 aliphatic heterocycles. The monoisotopic (exact) mass is 203 g/mol. The van der Waals surface area contributed by atoms with E-state index in [-0.39, 0.29) is 6.61 Å². The predicted octanol–water partition coefficient (Wildman–Crippen LogP) is 2.38. The van der Waals surface area contributed by atoms with Gasteiger partial charge in [0.2, 0.25) is 0 Å². The lowest BCUT2D eigenvalue weighted by molar-refractivity contribution is 0.277. The first-order valence-electron chi connectivity index (χ1n) is 4.62. The molecule has 0 radical (unpaired) electrons. The molecule has 0 fully saturated rings. The number of aliphatic hydroxyl groups is 1. The molecule has 0 spiro atoms. The van der Waals surface area contributed by atoms with Gasteiger partial charge in [0.25, 0.3) is 0 Å². The molecule has 0 unspecified atom stereocenters. The van der Waals surface area contributed by atoms with Crippen molar-refractivity contribution in [1.82, 2.24) is 4.98 Å². The summed E-state index contributed by atoms with van der Waals surface area (Å²) >= 11 is 0. The molecule has 1 heterocycles. The maximum absolute atomic E-state index is 13.0. The van der Waals surface area contributed by atoms with Gasteiger partial charge in [0.05, 0.1) is 18.5 Å². The molecule has 1 N–H and O–H groups in total. The predicted molar refractivity (Wildman–Crippen MR) is 55.6 cm³/mol. The number of hydrogen-bond donors (Lipinski definition) is 1. The van der Waals surface area contributed by atoms with Crippen LogP contribution in [-0.4, -0.2) is 10.1 Å². The molecule has 0 atom stereocenters. The highest BCUT2D eigenvalue weighted by atomic mass is 19.1. The molecule has 1 aromatic heterocycles. The summed E-state index contributed by atoms with van der Waals surface area (Å²) in [5.41, 5.74) is 1.98. The summed E-state index contributed by atoms with van der Waals surface area (Å²) in [6.07, 6.45) is 1.11. The molecule has 1 aromatic carbocycles. The smallest absolute Gasteiger partial charge is 0.142 e. The van der Waals surface area contributed by atoms with Gasteiger partial charge in [-0.1, -0.05) is 30.3 Å². The Hall–Kier alpha value is -1.74. The van der Waals surface area contributed by atoms with E-state index in [2.05, 4.69) is 4.98 Å². The summed E-state index contributed by atoms with van der Waals surface area (Å²) in [5.74, 6) is -0.397. The van der Waals surface area contributed by atoms with E-state index in [0.717, 1.165) is 11.8 Å². The van der Waals surface area contributed by atoms with E-state index >= 15 is 0 Å². The van der Waals surface area contributed by atoms with Gasteiger partial charge in [-0.2, -0.15) is 0 Å². The van der Waals surface area contributed by atoms with E-state index in [1.165, 1.54) is 6.07 Å². The molecular formula is C12H10FNO. The van der Waals surface area contributed by atoms with Gasteiger partial charge >= 0.3 is 0 Å². The van der Waals surface area contributed by atoms with Crippen LogP contribution in [0.4, 0.5) is 4.39 Å². The highest BCUT2D eigenvalue weighted by Crippen LogP contribution is 2.22. The molecule has 2 nitrogen and oxygen atoms in total. The second kappa shape index (κ2) is 4.19. The molecule has 0 amide bonds. The van der Waals surface area contributed by atoms with E-state index in [1.54, 1.807) is 0 Å². The number of nitrogens with zero attached hydrogens (tertiary/aromatic N) is 1. The number of hydrogen-bond acceptors (Lipinski definition) is 2. The fourth-order valence-electron chi connectivity index (χ4n) is 1.46. The Morgan fingerprint density at radius 2 is 1.93 bits per heavy atom. The van der Waals surface area contributed by atoms with Gasteiger partial charge in [0.1, 0.15) is 5.82 Å². The minimum atomic E-state index is -0.397. The van der Waals surface area contributed by atoms with Crippen molar-refractivity contribution in [2.75, 3.05) is 0 Å². The molecule has 0 bridgehead atoms. The first-order valence-corrected chi connectivity index (χ1v) is 4.62. The normalized spacial score (nSPS) is 10.3. The second-order valence-corrected chi connectivity index (χ2v) is 3.17. The summed E-state index contributed by atoms with van der Waals surface area (Å²) in [4.78, 5) is 3.85. The molecule has 2 aromatic rings. The highest BCUT2D eigenvalue weighted by molar-refractivity contribution is 5.65. The van der Waals surface area contributed by atoms with Crippen LogP contribution in [0.25, 0.3) is 11.1 Å². The van der Waals surface area contributed by atoms with Crippen LogP contribution >= 0.6 is 0 Å². The van der Waals surface area contributed by atoms with Gasteiger partial charge in [-0.25, -0.2) is 4.39 Å². The summed E-state index contributed by atoms with van der Waals surface area (Å²) < 4.78 is 13.0. The first-order chi connectivity index (χ1) is 7.31. The number of halogens is 1. The van der Waals surface area contributed by atoms with Crippen LogP contribution < -0.4 is 0 Å². The van der Waals surface area contributed by atoms with Crippen LogP contribution in [0.2, 0.25) is 0 Å². The van der Waals surface area contributed by atoms with Crippen molar-refractivity contribution in [1.29, 1.82) is 0 Å². The SMILES string of the molecule is OCc1ncc(F)cc1-c1ccccc1. The molecule has 3 heteroatoms. The van der Waals surface area contributed by atoms with Crippen LogP contribution in [0.15, 0.2) is 42.6 Å². The zero-order chi connectivity index (χ0) is 10.7. The fraction of sp³-hybridized carbons (Fsp3) is 0.0833. The van der Waals surface area contributed by atoms with E-state index < -0.39 is 5.82 Å². The lowest BCUT2D eigenvalue weighted by Gasteiger charge is -2.06. The molecule has 76 valence electrons. The molecular weight excluding hydrogens is 193 g/mol. The van der Waals surface area contributed by atoms with Crippen molar-refractivity contribution in [2.24, 2.45) is 0 Å². The maximum Gasteiger partial charge on any atom is 0.142 e. The molecule has 2 rings (SSSR count). The molecule has 0 saturated heterocycles. The maximum atomic E-state index is 13.0. The highest BCUT2D eigenvalue weighted by Gasteiger charge is 2.06. The van der Waals surface area contributed by atoms with Crippen molar-refractivity contribution in [2.45, 2.75) is 6.61 Å². The Bertz CT molecular complexity index is 456. The zero-order valence-corrected chi connectivity index (χ0v) is 8.02. The third-order valence-electron chi connectivity index (χ3n) is 2.17. The largest absolute Gasteiger partial charge is 0.390 e. The first kappa shape index (κ1) is 9.80. The minimum absolute atomic E-state index is 0.190. The Labute approximate surface area is 87.0 Å². The van der Waals surface area contributed by atoms with Crippen LogP contribution in [-0.2, 0) is 6.61 Å². The van der Waals surface area contributed by atoms with Crippen LogP contribution in [0.3, 0.4) is 0 Å². The summed E-state index contributed by atoms with van der Waals surface area (Å²) in [6, 6.07) is 10.7. The summed E-state index contributed by atoms with van der Waals surface area (Å²) in [5, 5.41) is 9.09. The quantitative estimate of drug-likeness (QED) is 0.812. The fourth-order valence-corrected chi connectivity index (χ4v) is 1.46. The minimum Gasteiger partial charge on any atom is -0.390 e. The number of aliphatic hydroxyl groups excluding tert-OH is 1. The van der Waals surface area contributed by atoms with E-state index in [4.69, 9.17) is 5.11 Å². The van der Waals surface area contributed by atoms with Crippen molar-refractivity contribution in [3.05, 3.63) is 54.1 Å². The molecule has 0 aliphatic rings. The third kappa shape index (κ3) is 2.02.